The molecule has 1 saturated heterocycles. The summed E-state index contributed by atoms with van der Waals surface area (Å²) in [5, 5.41) is 1.30. The molecule has 0 unspecified atom stereocenters. The van der Waals surface area contributed by atoms with Crippen molar-refractivity contribution >= 4 is 11.0 Å². The summed E-state index contributed by atoms with van der Waals surface area (Å²) in [7, 11) is 2.20. The number of piperidine rings is 1. The van der Waals surface area contributed by atoms with Crippen molar-refractivity contribution in [3.63, 3.8) is 0 Å². The molecule has 1 fully saturated rings. The molecule has 2 aromatic heterocycles. The van der Waals surface area contributed by atoms with Gasteiger partial charge in [0.05, 0.1) is 0 Å². The Morgan fingerprint density at radius 2 is 2.19 bits per heavy atom. The molecule has 2 aromatic rings. The van der Waals surface area contributed by atoms with Crippen LogP contribution in [0.3, 0.4) is 0 Å². The number of nitrogens with one attached hydrogen (secondary N) is 1. The van der Waals surface area contributed by atoms with E-state index in [1.54, 1.807) is 0 Å². The van der Waals surface area contributed by atoms with Gasteiger partial charge in [0.15, 0.2) is 0 Å². The third-order valence-corrected chi connectivity index (χ3v) is 3.64. The maximum absolute atomic E-state index is 4.35. The first-order valence-corrected chi connectivity index (χ1v) is 5.95. The van der Waals surface area contributed by atoms with Gasteiger partial charge in [-0.1, -0.05) is 0 Å². The minimum absolute atomic E-state index is 0.703. The van der Waals surface area contributed by atoms with E-state index < -0.39 is 0 Å². The second-order valence-corrected chi connectivity index (χ2v) is 4.72. The Morgan fingerprint density at radius 1 is 1.38 bits per heavy atom. The monoisotopic (exact) mass is 215 g/mol. The van der Waals surface area contributed by atoms with Crippen LogP contribution in [-0.4, -0.2) is 35.0 Å². The van der Waals surface area contributed by atoms with E-state index >= 15 is 0 Å². The number of likely N-dealkylation sites (tertiary alicyclic amines) is 1. The van der Waals surface area contributed by atoms with Gasteiger partial charge in [-0.3, -0.25) is 0 Å². The predicted octanol–water partition coefficient (Wildman–Crippen LogP) is 2.37. The third-order valence-electron chi connectivity index (χ3n) is 3.64. The Balaban J connectivity index is 1.94. The van der Waals surface area contributed by atoms with Crippen LogP contribution in [0.2, 0.25) is 0 Å². The quantitative estimate of drug-likeness (QED) is 0.792. The summed E-state index contributed by atoms with van der Waals surface area (Å²) in [5.41, 5.74) is 2.48. The van der Waals surface area contributed by atoms with Crippen molar-refractivity contribution in [1.82, 2.24) is 14.9 Å². The Kier molecular flexibility index (Phi) is 2.40. The highest BCUT2D eigenvalue weighted by molar-refractivity contribution is 5.80. The predicted molar refractivity (Wildman–Crippen MR) is 65.6 cm³/mol. The van der Waals surface area contributed by atoms with Gasteiger partial charge in [0, 0.05) is 17.8 Å². The normalized spacial score (nSPS) is 19.3. The average Bonchev–Trinajstić information content (AvgIpc) is 2.74. The summed E-state index contributed by atoms with van der Waals surface area (Å²) < 4.78 is 0. The van der Waals surface area contributed by atoms with E-state index in [0.717, 1.165) is 5.65 Å². The first-order valence-electron chi connectivity index (χ1n) is 5.95. The molecular formula is C13H17N3. The molecule has 84 valence electrons. The number of aromatic amines is 1. The van der Waals surface area contributed by atoms with E-state index in [1.807, 2.05) is 12.3 Å². The molecule has 3 heteroatoms. The van der Waals surface area contributed by atoms with Crippen LogP contribution in [0.5, 0.6) is 0 Å². The second-order valence-electron chi connectivity index (χ2n) is 4.72. The largest absolute Gasteiger partial charge is 0.346 e. The molecule has 3 nitrogen and oxygen atoms in total. The lowest BCUT2D eigenvalue weighted by molar-refractivity contribution is 0.256. The van der Waals surface area contributed by atoms with Crippen molar-refractivity contribution in [2.75, 3.05) is 20.1 Å². The molecule has 0 bridgehead atoms. The Bertz CT molecular complexity index is 481. The van der Waals surface area contributed by atoms with E-state index in [-0.39, 0.29) is 0 Å². The van der Waals surface area contributed by atoms with Gasteiger partial charge in [-0.25, -0.2) is 4.98 Å². The van der Waals surface area contributed by atoms with Crippen LogP contribution in [0, 0.1) is 0 Å². The number of hydrogen-bond donors (Lipinski definition) is 1. The molecule has 0 saturated carbocycles. The molecule has 0 aromatic carbocycles. The summed E-state index contributed by atoms with van der Waals surface area (Å²) >= 11 is 0. The minimum atomic E-state index is 0.703. The molecule has 3 heterocycles. The molecule has 1 aliphatic rings. The van der Waals surface area contributed by atoms with Gasteiger partial charge in [0.1, 0.15) is 5.65 Å². The number of pyridine rings is 1. The van der Waals surface area contributed by atoms with Crippen LogP contribution in [0.25, 0.3) is 11.0 Å². The van der Waals surface area contributed by atoms with Gasteiger partial charge in [-0.05, 0) is 56.6 Å². The van der Waals surface area contributed by atoms with E-state index in [2.05, 4.69) is 34.2 Å². The van der Waals surface area contributed by atoms with Crippen LogP contribution >= 0.6 is 0 Å². The molecule has 0 aliphatic carbocycles. The van der Waals surface area contributed by atoms with Crippen molar-refractivity contribution in [3.8, 4) is 0 Å². The SMILES string of the molecule is CN1CCC(c2c[nH]c3ncccc23)CC1. The highest BCUT2D eigenvalue weighted by atomic mass is 15.1. The Morgan fingerprint density at radius 3 is 3.00 bits per heavy atom. The number of aromatic nitrogens is 2. The number of fused-ring (bicyclic) bond motifs is 1. The molecule has 0 spiro atoms. The number of H-pyrrole nitrogens is 1. The summed E-state index contributed by atoms with van der Waals surface area (Å²) in [6.45, 7) is 2.41. The van der Waals surface area contributed by atoms with Crippen LogP contribution < -0.4 is 0 Å². The second kappa shape index (κ2) is 3.91. The number of nitrogens with zero attached hydrogens (tertiary/aromatic N) is 2. The standard InChI is InChI=1S/C13H17N3/c1-16-7-4-10(5-8-16)12-9-15-13-11(12)3-2-6-14-13/h2-3,6,9-10H,4-5,7-8H2,1H3,(H,14,15). The molecule has 1 aliphatic heterocycles. The fourth-order valence-electron chi connectivity index (χ4n) is 2.63. The molecule has 3 rings (SSSR count). The lowest BCUT2D eigenvalue weighted by Gasteiger charge is -2.28. The van der Waals surface area contributed by atoms with Crippen molar-refractivity contribution in [2.45, 2.75) is 18.8 Å². The van der Waals surface area contributed by atoms with E-state index in [4.69, 9.17) is 0 Å². The zero-order chi connectivity index (χ0) is 11.0. The van der Waals surface area contributed by atoms with Crippen molar-refractivity contribution < 1.29 is 0 Å². The van der Waals surface area contributed by atoms with Crippen LogP contribution in [-0.2, 0) is 0 Å². The van der Waals surface area contributed by atoms with Gasteiger partial charge in [-0.2, -0.15) is 0 Å². The van der Waals surface area contributed by atoms with E-state index in [0.29, 0.717) is 5.92 Å². The lowest BCUT2D eigenvalue weighted by Crippen LogP contribution is -2.29. The molecule has 0 radical (unpaired) electrons. The molecular weight excluding hydrogens is 198 g/mol. The average molecular weight is 215 g/mol. The Hall–Kier alpha value is -1.35. The fraction of sp³-hybridized carbons (Fsp3) is 0.462. The maximum Gasteiger partial charge on any atom is 0.137 e. The molecule has 16 heavy (non-hydrogen) atoms. The number of rotatable bonds is 1. The van der Waals surface area contributed by atoms with Crippen molar-refractivity contribution in [1.29, 1.82) is 0 Å². The van der Waals surface area contributed by atoms with Gasteiger partial charge < -0.3 is 9.88 Å². The lowest BCUT2D eigenvalue weighted by atomic mass is 9.90. The minimum Gasteiger partial charge on any atom is -0.346 e. The maximum atomic E-state index is 4.35. The Labute approximate surface area is 95.5 Å². The first-order chi connectivity index (χ1) is 7.84. The van der Waals surface area contributed by atoms with E-state index in [9.17, 15) is 0 Å². The van der Waals surface area contributed by atoms with Crippen LogP contribution in [0.15, 0.2) is 24.5 Å². The van der Waals surface area contributed by atoms with Gasteiger partial charge >= 0.3 is 0 Å². The molecule has 0 amide bonds. The van der Waals surface area contributed by atoms with Crippen LogP contribution in [0.4, 0.5) is 0 Å². The molecule has 1 N–H and O–H groups in total. The zero-order valence-electron chi connectivity index (χ0n) is 9.61. The van der Waals surface area contributed by atoms with Gasteiger partial charge in [0.25, 0.3) is 0 Å². The highest BCUT2D eigenvalue weighted by Gasteiger charge is 2.20. The van der Waals surface area contributed by atoms with Gasteiger partial charge in [0.2, 0.25) is 0 Å². The summed E-state index contributed by atoms with van der Waals surface area (Å²) in [4.78, 5) is 10.0. The van der Waals surface area contributed by atoms with E-state index in [1.165, 1.54) is 36.9 Å². The highest BCUT2D eigenvalue weighted by Crippen LogP contribution is 2.31. The number of hydrogen-bond acceptors (Lipinski definition) is 2. The fourth-order valence-corrected chi connectivity index (χ4v) is 2.63. The topological polar surface area (TPSA) is 31.9 Å². The summed E-state index contributed by atoms with van der Waals surface area (Å²) in [6.07, 6.45) is 6.52. The van der Waals surface area contributed by atoms with Gasteiger partial charge in [-0.15, -0.1) is 0 Å². The summed E-state index contributed by atoms with van der Waals surface area (Å²) in [6, 6.07) is 4.20. The summed E-state index contributed by atoms with van der Waals surface area (Å²) in [5.74, 6) is 0.703. The smallest absolute Gasteiger partial charge is 0.137 e. The van der Waals surface area contributed by atoms with Crippen molar-refractivity contribution in [2.24, 2.45) is 0 Å². The van der Waals surface area contributed by atoms with Crippen molar-refractivity contribution in [3.05, 3.63) is 30.1 Å². The first kappa shape index (κ1) is 9.85. The molecule has 0 atom stereocenters. The van der Waals surface area contributed by atoms with Crippen LogP contribution in [0.1, 0.15) is 24.3 Å². The zero-order valence-corrected chi connectivity index (χ0v) is 9.61. The third kappa shape index (κ3) is 1.61.